The van der Waals surface area contributed by atoms with Gasteiger partial charge in [-0.2, -0.15) is 0 Å². The number of nitrogens with zero attached hydrogens (tertiary/aromatic N) is 2. The smallest absolute Gasteiger partial charge is 0.364 e. The normalized spacial score (nSPS) is 10.5. The maximum atomic E-state index is 11.0. The van der Waals surface area contributed by atoms with Gasteiger partial charge in [-0.25, -0.2) is 4.79 Å². The average molecular weight is 250 g/mol. The van der Waals surface area contributed by atoms with Gasteiger partial charge in [-0.15, -0.1) is 6.42 Å². The molecule has 0 fully saturated rings. The molecule has 0 atom stereocenters. The average Bonchev–Trinajstić information content (AvgIpc) is 2.28. The Bertz CT molecular complexity index is 545. The van der Waals surface area contributed by atoms with Crippen molar-refractivity contribution in [2.45, 2.75) is 19.4 Å². The summed E-state index contributed by atoms with van der Waals surface area (Å²) in [6.07, 6.45) is 6.18. The monoisotopic (exact) mass is 250 g/mol. The molecule has 1 rings (SSSR count). The van der Waals surface area contributed by atoms with Gasteiger partial charge in [-0.1, -0.05) is 5.92 Å². The Kier molecular flexibility index (Phi) is 3.52. The predicted molar refractivity (Wildman–Crippen MR) is 61.4 cm³/mol. The molecule has 1 aromatic rings. The summed E-state index contributed by atoms with van der Waals surface area (Å²) >= 11 is 0. The van der Waals surface area contributed by atoms with Crippen molar-refractivity contribution in [1.29, 1.82) is 0 Å². The first-order valence-corrected chi connectivity index (χ1v) is 4.81. The molecule has 0 amide bonds. The molecule has 0 aliphatic carbocycles. The molecule has 0 bridgehead atoms. The van der Waals surface area contributed by atoms with Crippen LogP contribution in [0.25, 0.3) is 0 Å². The molecule has 1 aromatic heterocycles. The second-order valence-corrected chi connectivity index (χ2v) is 3.86. The lowest BCUT2D eigenvalue weighted by molar-refractivity contribution is -0.389. The van der Waals surface area contributed by atoms with Crippen molar-refractivity contribution < 1.29 is 19.6 Å². The van der Waals surface area contributed by atoms with Crippen molar-refractivity contribution in [2.24, 2.45) is 0 Å². The minimum atomic E-state index is -1.36. The summed E-state index contributed by atoms with van der Waals surface area (Å²) in [7, 11) is 0. The Morgan fingerprint density at radius 2 is 2.28 bits per heavy atom. The van der Waals surface area contributed by atoms with Crippen LogP contribution in [0.1, 0.15) is 24.2 Å². The summed E-state index contributed by atoms with van der Waals surface area (Å²) in [4.78, 5) is 24.2. The second kappa shape index (κ2) is 4.71. The molecule has 94 valence electrons. The van der Waals surface area contributed by atoms with Gasteiger partial charge < -0.3 is 20.0 Å². The topological polar surface area (TPSA) is 103 Å². The van der Waals surface area contributed by atoms with Crippen LogP contribution in [0.5, 0.6) is 5.75 Å². The van der Waals surface area contributed by atoms with Gasteiger partial charge in [-0.3, -0.25) is 0 Å². The molecule has 1 heterocycles. The van der Waals surface area contributed by atoms with E-state index in [2.05, 4.69) is 10.9 Å². The van der Waals surface area contributed by atoms with E-state index >= 15 is 0 Å². The van der Waals surface area contributed by atoms with Crippen LogP contribution in [0.3, 0.4) is 0 Å². The number of pyridine rings is 1. The highest BCUT2D eigenvalue weighted by molar-refractivity contribution is 5.91. The van der Waals surface area contributed by atoms with E-state index in [1.54, 1.807) is 13.8 Å². The van der Waals surface area contributed by atoms with Crippen molar-refractivity contribution in [2.75, 3.05) is 0 Å². The van der Waals surface area contributed by atoms with E-state index in [-0.39, 0.29) is 11.3 Å². The first-order valence-electron chi connectivity index (χ1n) is 4.81. The van der Waals surface area contributed by atoms with Crippen LogP contribution in [0.2, 0.25) is 0 Å². The van der Waals surface area contributed by atoms with Crippen LogP contribution in [-0.4, -0.2) is 26.6 Å². The fourth-order valence-electron chi connectivity index (χ4n) is 1.08. The maximum absolute atomic E-state index is 11.0. The number of hydrogen-bond acceptors (Lipinski definition) is 5. The van der Waals surface area contributed by atoms with Crippen molar-refractivity contribution >= 4 is 11.8 Å². The van der Waals surface area contributed by atoms with E-state index in [1.807, 2.05) is 0 Å². The number of carboxylic acids is 1. The molecule has 0 spiro atoms. The molecule has 0 saturated carbocycles. The summed E-state index contributed by atoms with van der Waals surface area (Å²) in [5.74, 6) is 0.273. The lowest BCUT2D eigenvalue weighted by Gasteiger charge is -2.20. The van der Waals surface area contributed by atoms with E-state index < -0.39 is 22.3 Å². The van der Waals surface area contributed by atoms with Crippen molar-refractivity contribution in [3.8, 4) is 18.1 Å². The van der Waals surface area contributed by atoms with E-state index in [4.69, 9.17) is 16.3 Å². The molecule has 7 nitrogen and oxygen atoms in total. The second-order valence-electron chi connectivity index (χ2n) is 3.86. The van der Waals surface area contributed by atoms with Crippen LogP contribution in [-0.2, 0) is 0 Å². The molecule has 0 aromatic carbocycles. The number of rotatable bonds is 4. The summed E-state index contributed by atoms with van der Waals surface area (Å²) in [5, 5.41) is 19.5. The van der Waals surface area contributed by atoms with E-state index in [1.165, 1.54) is 0 Å². The fraction of sp³-hybridized carbons (Fsp3) is 0.273. The lowest BCUT2D eigenvalue weighted by atomic mass is 10.1. The number of carboxylic acid groups (broad SMARTS) is 1. The van der Waals surface area contributed by atoms with Gasteiger partial charge in [0.1, 0.15) is 5.56 Å². The van der Waals surface area contributed by atoms with E-state index in [9.17, 15) is 14.9 Å². The third kappa shape index (κ3) is 2.95. The molecule has 1 N–H and O–H groups in total. The quantitative estimate of drug-likeness (QED) is 0.493. The van der Waals surface area contributed by atoms with Gasteiger partial charge in [0.2, 0.25) is 0 Å². The largest absolute Gasteiger partial charge is 0.478 e. The van der Waals surface area contributed by atoms with Gasteiger partial charge in [0.25, 0.3) is 0 Å². The zero-order chi connectivity index (χ0) is 13.9. The first kappa shape index (κ1) is 13.4. The summed E-state index contributed by atoms with van der Waals surface area (Å²) in [5.41, 5.74) is -1.40. The van der Waals surface area contributed by atoms with Crippen LogP contribution < -0.4 is 4.74 Å². The van der Waals surface area contributed by atoms with Crippen LogP contribution in [0.15, 0.2) is 12.3 Å². The number of hydrogen-bond donors (Lipinski definition) is 1. The molecular weight excluding hydrogens is 240 g/mol. The van der Waals surface area contributed by atoms with Gasteiger partial charge in [-0.05, 0) is 23.8 Å². The third-order valence-corrected chi connectivity index (χ3v) is 1.98. The predicted octanol–water partition coefficient (Wildman–Crippen LogP) is 1.48. The van der Waals surface area contributed by atoms with Crippen LogP contribution in [0, 0.1) is 22.5 Å². The first-order chi connectivity index (χ1) is 8.26. The fourth-order valence-corrected chi connectivity index (χ4v) is 1.08. The Balaban J connectivity index is 3.25. The third-order valence-electron chi connectivity index (χ3n) is 1.98. The highest BCUT2D eigenvalue weighted by Crippen LogP contribution is 2.25. The maximum Gasteiger partial charge on any atom is 0.364 e. The molecule has 0 saturated heterocycles. The Hall–Kier alpha value is -2.62. The van der Waals surface area contributed by atoms with Crippen molar-refractivity contribution in [3.05, 3.63) is 27.9 Å². The Labute approximate surface area is 103 Å². The summed E-state index contributed by atoms with van der Waals surface area (Å²) in [6.45, 7) is 3.11. The number of nitro groups is 1. The summed E-state index contributed by atoms with van der Waals surface area (Å²) < 4.78 is 5.28. The van der Waals surface area contributed by atoms with Crippen molar-refractivity contribution in [1.82, 2.24) is 4.98 Å². The Morgan fingerprint density at radius 3 is 2.72 bits per heavy atom. The molecule has 0 aliphatic heterocycles. The number of ether oxygens (including phenoxy) is 1. The van der Waals surface area contributed by atoms with Gasteiger partial charge in [0.15, 0.2) is 17.5 Å². The zero-order valence-corrected chi connectivity index (χ0v) is 9.71. The lowest BCUT2D eigenvalue weighted by Crippen LogP contribution is -2.26. The van der Waals surface area contributed by atoms with Crippen LogP contribution in [0.4, 0.5) is 5.82 Å². The van der Waals surface area contributed by atoms with E-state index in [0.717, 1.165) is 12.3 Å². The Morgan fingerprint density at radius 1 is 1.67 bits per heavy atom. The van der Waals surface area contributed by atoms with Gasteiger partial charge >= 0.3 is 11.8 Å². The number of terminal acetylenes is 1. The highest BCUT2D eigenvalue weighted by Gasteiger charge is 2.24. The molecule has 7 heteroatoms. The standard InChI is InChI=1S/C11H10N2O5/c1-4-11(2,3)18-8-6-12-9(13(16)17)5-7(8)10(14)15/h1,5-6H,2-3H3,(H,14,15). The number of carbonyl (C=O) groups is 1. The highest BCUT2D eigenvalue weighted by atomic mass is 16.6. The SMILES string of the molecule is C#CC(C)(C)Oc1cnc([N+](=O)[O-])cc1C(=O)O. The number of aromatic nitrogens is 1. The minimum Gasteiger partial charge on any atom is -0.478 e. The molecule has 0 aliphatic rings. The molecule has 0 radical (unpaired) electrons. The number of aromatic carboxylic acids is 1. The minimum absolute atomic E-state index is 0.115. The zero-order valence-electron chi connectivity index (χ0n) is 9.71. The van der Waals surface area contributed by atoms with E-state index in [0.29, 0.717) is 0 Å². The molecule has 18 heavy (non-hydrogen) atoms. The molecular formula is C11H10N2O5. The van der Waals surface area contributed by atoms with Gasteiger partial charge in [0.05, 0.1) is 6.07 Å². The van der Waals surface area contributed by atoms with Crippen LogP contribution >= 0.6 is 0 Å². The molecule has 0 unspecified atom stereocenters. The van der Waals surface area contributed by atoms with Gasteiger partial charge in [0, 0.05) is 0 Å². The summed E-state index contributed by atoms with van der Waals surface area (Å²) in [6, 6.07) is 0.824. The van der Waals surface area contributed by atoms with Crippen molar-refractivity contribution in [3.63, 3.8) is 0 Å².